The Labute approximate surface area is 144 Å². The van der Waals surface area contributed by atoms with E-state index in [9.17, 15) is 9.59 Å². The second-order valence-corrected chi connectivity index (χ2v) is 6.05. The first-order chi connectivity index (χ1) is 11.4. The predicted octanol–water partition coefficient (Wildman–Crippen LogP) is 2.21. The van der Waals surface area contributed by atoms with E-state index >= 15 is 0 Å². The molecule has 0 fully saturated rings. The van der Waals surface area contributed by atoms with Gasteiger partial charge in [0, 0.05) is 26.8 Å². The van der Waals surface area contributed by atoms with E-state index in [1.807, 2.05) is 0 Å². The Morgan fingerprint density at radius 3 is 2.50 bits per heavy atom. The topological polar surface area (TPSA) is 83.6 Å². The summed E-state index contributed by atoms with van der Waals surface area (Å²) in [6.07, 6.45) is 0. The van der Waals surface area contributed by atoms with Gasteiger partial charge in [-0.15, -0.1) is 0 Å². The highest BCUT2D eigenvalue weighted by atomic mass is 32.1. The summed E-state index contributed by atoms with van der Waals surface area (Å²) in [4.78, 5) is 25.3. The number of nitrogens with zero attached hydrogens (tertiary/aromatic N) is 2. The highest BCUT2D eigenvalue weighted by molar-refractivity contribution is 7.10. The lowest BCUT2D eigenvalue weighted by Gasteiger charge is -2.12. The summed E-state index contributed by atoms with van der Waals surface area (Å²) in [5.74, 6) is 0.224. The number of rotatable bonds is 6. The zero-order valence-electron chi connectivity index (χ0n) is 14.0. The van der Waals surface area contributed by atoms with E-state index in [2.05, 4.69) is 15.0 Å². The van der Waals surface area contributed by atoms with Gasteiger partial charge in [-0.05, 0) is 42.7 Å². The minimum absolute atomic E-state index is 0.0238. The first-order valence-corrected chi connectivity index (χ1v) is 8.08. The number of ether oxygens (including phenoxy) is 1. The number of aryl methyl sites for hydroxylation is 1. The lowest BCUT2D eigenvalue weighted by atomic mass is 10.2. The summed E-state index contributed by atoms with van der Waals surface area (Å²) >= 11 is 1.25. The van der Waals surface area contributed by atoms with Crippen molar-refractivity contribution < 1.29 is 14.3 Å². The van der Waals surface area contributed by atoms with E-state index < -0.39 is 0 Å². The van der Waals surface area contributed by atoms with Gasteiger partial charge in [0.15, 0.2) is 6.61 Å². The lowest BCUT2D eigenvalue weighted by Crippen LogP contribution is -2.27. The molecule has 0 atom stereocenters. The van der Waals surface area contributed by atoms with Crippen LogP contribution in [-0.2, 0) is 4.79 Å². The van der Waals surface area contributed by atoms with Crippen molar-refractivity contribution in [3.63, 3.8) is 0 Å². The summed E-state index contributed by atoms with van der Waals surface area (Å²) in [6, 6.07) is 6.86. The quantitative estimate of drug-likeness (QED) is 0.836. The molecule has 0 saturated carbocycles. The summed E-state index contributed by atoms with van der Waals surface area (Å²) in [7, 11) is 5.10. The van der Waals surface area contributed by atoms with Gasteiger partial charge in [-0.25, -0.2) is 0 Å². The number of benzene rings is 1. The molecule has 128 valence electrons. The zero-order chi connectivity index (χ0) is 17.7. The summed E-state index contributed by atoms with van der Waals surface area (Å²) in [5, 5.41) is 6.52. The number of carbonyl (C=O) groups excluding carboxylic acids is 2. The number of nitrogens with one attached hydrogen (secondary N) is 2. The van der Waals surface area contributed by atoms with E-state index in [0.717, 1.165) is 5.00 Å². The molecule has 0 aliphatic rings. The Hall–Kier alpha value is -2.61. The average Bonchev–Trinajstić information content (AvgIpc) is 2.94. The van der Waals surface area contributed by atoms with Gasteiger partial charge in [-0.1, -0.05) is 0 Å². The van der Waals surface area contributed by atoms with Crippen LogP contribution in [0.25, 0.3) is 0 Å². The Bertz CT molecular complexity index is 725. The van der Waals surface area contributed by atoms with Crippen molar-refractivity contribution in [3.05, 3.63) is 35.5 Å². The van der Waals surface area contributed by atoms with Crippen LogP contribution >= 0.6 is 11.5 Å². The van der Waals surface area contributed by atoms with E-state index in [1.165, 1.54) is 16.4 Å². The first kappa shape index (κ1) is 17.7. The monoisotopic (exact) mass is 348 g/mol. The molecule has 2 aromatic rings. The number of hydrogen-bond donors (Lipinski definition) is 2. The molecule has 7 nitrogen and oxygen atoms in total. The Morgan fingerprint density at radius 2 is 1.92 bits per heavy atom. The molecule has 0 unspecified atom stereocenters. The largest absolute Gasteiger partial charge is 0.484 e. The molecule has 1 aromatic carbocycles. The Kier molecular flexibility index (Phi) is 5.75. The Balaban J connectivity index is 2.00. The van der Waals surface area contributed by atoms with Crippen molar-refractivity contribution in [2.75, 3.05) is 38.4 Å². The fourth-order valence-corrected chi connectivity index (χ4v) is 2.65. The van der Waals surface area contributed by atoms with Gasteiger partial charge in [0.05, 0.1) is 11.3 Å². The molecule has 0 bridgehead atoms. The number of hydrogen-bond acceptors (Lipinski definition) is 6. The molecule has 2 N–H and O–H groups in total. The molecule has 0 spiro atoms. The number of aromatic nitrogens is 1. The number of likely N-dealkylation sites (N-methyl/N-ethyl adjacent to an activating group) is 1. The highest BCUT2D eigenvalue weighted by Gasteiger charge is 2.17. The maximum atomic E-state index is 12.4. The van der Waals surface area contributed by atoms with Crippen molar-refractivity contribution in [1.82, 2.24) is 9.27 Å². The third kappa shape index (κ3) is 4.23. The van der Waals surface area contributed by atoms with Crippen LogP contribution in [0.5, 0.6) is 5.75 Å². The second kappa shape index (κ2) is 7.78. The lowest BCUT2D eigenvalue weighted by molar-refractivity contribution is -0.130. The molecule has 8 heteroatoms. The first-order valence-electron chi connectivity index (χ1n) is 7.30. The third-order valence-corrected chi connectivity index (χ3v) is 4.25. The minimum Gasteiger partial charge on any atom is -0.484 e. The molecule has 0 radical (unpaired) electrons. The normalized spacial score (nSPS) is 10.2. The van der Waals surface area contributed by atoms with E-state index in [4.69, 9.17) is 4.74 Å². The van der Waals surface area contributed by atoms with Gasteiger partial charge < -0.3 is 20.3 Å². The molecule has 1 heterocycles. The van der Waals surface area contributed by atoms with Crippen LogP contribution in [0, 0.1) is 6.92 Å². The van der Waals surface area contributed by atoms with Crippen LogP contribution in [0.3, 0.4) is 0 Å². The van der Waals surface area contributed by atoms with Gasteiger partial charge in [0.1, 0.15) is 10.8 Å². The molecule has 1 aromatic heterocycles. The minimum atomic E-state index is -0.220. The van der Waals surface area contributed by atoms with Crippen LogP contribution in [0.15, 0.2) is 24.3 Å². The van der Waals surface area contributed by atoms with Gasteiger partial charge >= 0.3 is 0 Å². The van der Waals surface area contributed by atoms with Crippen molar-refractivity contribution in [2.24, 2.45) is 0 Å². The van der Waals surface area contributed by atoms with Gasteiger partial charge in [-0.2, -0.15) is 4.37 Å². The molecule has 0 aliphatic heterocycles. The van der Waals surface area contributed by atoms with Crippen molar-refractivity contribution in [1.29, 1.82) is 0 Å². The SMILES string of the molecule is CNc1snc(C)c1C(=O)Nc1ccc(OCC(=O)N(C)C)cc1. The van der Waals surface area contributed by atoms with E-state index in [1.54, 1.807) is 52.3 Å². The molecular weight excluding hydrogens is 328 g/mol. The number of amides is 2. The highest BCUT2D eigenvalue weighted by Crippen LogP contribution is 2.25. The number of anilines is 2. The van der Waals surface area contributed by atoms with Gasteiger partial charge in [0.2, 0.25) is 0 Å². The third-order valence-electron chi connectivity index (χ3n) is 3.29. The predicted molar refractivity (Wildman–Crippen MR) is 95.0 cm³/mol. The van der Waals surface area contributed by atoms with Crippen molar-refractivity contribution in [3.8, 4) is 5.75 Å². The smallest absolute Gasteiger partial charge is 0.260 e. The molecular formula is C16H20N4O3S. The molecule has 24 heavy (non-hydrogen) atoms. The zero-order valence-corrected chi connectivity index (χ0v) is 14.9. The number of carbonyl (C=O) groups is 2. The summed E-state index contributed by atoms with van der Waals surface area (Å²) in [6.45, 7) is 1.77. The molecule has 0 aliphatic carbocycles. The van der Waals surface area contributed by atoms with E-state index in [0.29, 0.717) is 22.7 Å². The maximum absolute atomic E-state index is 12.4. The standard InChI is InChI=1S/C16H20N4O3S/c1-10-14(16(17-2)24-19-10)15(22)18-11-5-7-12(8-6-11)23-9-13(21)20(3)4/h5-8,17H,9H2,1-4H3,(H,18,22). The molecule has 0 saturated heterocycles. The Morgan fingerprint density at radius 1 is 1.25 bits per heavy atom. The summed E-state index contributed by atoms with van der Waals surface area (Å²) in [5.41, 5.74) is 1.86. The van der Waals surface area contributed by atoms with Gasteiger partial charge in [-0.3, -0.25) is 9.59 Å². The van der Waals surface area contributed by atoms with Crippen LogP contribution in [0.1, 0.15) is 16.1 Å². The summed E-state index contributed by atoms with van der Waals surface area (Å²) < 4.78 is 9.58. The second-order valence-electron chi connectivity index (χ2n) is 5.28. The van der Waals surface area contributed by atoms with Crippen molar-refractivity contribution >= 4 is 34.0 Å². The van der Waals surface area contributed by atoms with Crippen LogP contribution in [0.2, 0.25) is 0 Å². The van der Waals surface area contributed by atoms with Crippen LogP contribution in [-0.4, -0.2) is 48.8 Å². The average molecular weight is 348 g/mol. The van der Waals surface area contributed by atoms with Crippen molar-refractivity contribution in [2.45, 2.75) is 6.92 Å². The van der Waals surface area contributed by atoms with Crippen LogP contribution in [0.4, 0.5) is 10.7 Å². The van der Waals surface area contributed by atoms with E-state index in [-0.39, 0.29) is 18.4 Å². The van der Waals surface area contributed by atoms with Crippen LogP contribution < -0.4 is 15.4 Å². The molecule has 2 rings (SSSR count). The van der Waals surface area contributed by atoms with Gasteiger partial charge in [0.25, 0.3) is 11.8 Å². The molecule has 2 amide bonds. The fourth-order valence-electron chi connectivity index (χ4n) is 1.91. The maximum Gasteiger partial charge on any atom is 0.260 e. The fraction of sp³-hybridized carbons (Fsp3) is 0.312.